The summed E-state index contributed by atoms with van der Waals surface area (Å²) in [7, 11) is 0. The number of carboxylic acids is 1. The molecule has 1 fully saturated rings. The van der Waals surface area contributed by atoms with Gasteiger partial charge < -0.3 is 25.4 Å². The lowest BCUT2D eigenvalue weighted by molar-refractivity contribution is -0.192. The van der Waals surface area contributed by atoms with Crippen molar-refractivity contribution in [2.75, 3.05) is 19.6 Å². The zero-order chi connectivity index (χ0) is 27.9. The molecule has 3 aromatic rings. The van der Waals surface area contributed by atoms with Crippen molar-refractivity contribution in [3.63, 3.8) is 0 Å². The van der Waals surface area contributed by atoms with Crippen LogP contribution >= 0.6 is 11.6 Å². The number of aromatic nitrogens is 1. The van der Waals surface area contributed by atoms with Gasteiger partial charge in [0.25, 0.3) is 5.91 Å². The zero-order valence-electron chi connectivity index (χ0n) is 20.9. The monoisotopic (exact) mass is 553 g/mol. The molecule has 1 saturated heterocycles. The van der Waals surface area contributed by atoms with Crippen LogP contribution in [0.1, 0.15) is 53.8 Å². The first-order valence-corrected chi connectivity index (χ1v) is 12.7. The number of nitrogens with zero attached hydrogens (tertiary/aromatic N) is 1. The predicted octanol–water partition coefficient (Wildman–Crippen LogP) is 5.33. The van der Waals surface area contributed by atoms with Gasteiger partial charge in [-0.1, -0.05) is 29.8 Å². The van der Waals surface area contributed by atoms with Crippen molar-refractivity contribution >= 4 is 34.4 Å². The third-order valence-electron chi connectivity index (χ3n) is 6.32. The Balaban J connectivity index is 0.000000505. The molecule has 7 nitrogen and oxygen atoms in total. The Labute approximate surface area is 223 Å². The first-order chi connectivity index (χ1) is 18.0. The average molecular weight is 554 g/mol. The number of halogens is 4. The zero-order valence-corrected chi connectivity index (χ0v) is 21.6. The van der Waals surface area contributed by atoms with Crippen molar-refractivity contribution < 1.29 is 33.0 Å². The maximum Gasteiger partial charge on any atom is 0.490 e. The molecule has 0 saturated carbocycles. The minimum atomic E-state index is -5.08. The molecule has 38 heavy (non-hydrogen) atoms. The van der Waals surface area contributed by atoms with E-state index in [0.29, 0.717) is 11.6 Å². The van der Waals surface area contributed by atoms with Gasteiger partial charge in [-0.2, -0.15) is 13.2 Å². The molecule has 0 bridgehead atoms. The van der Waals surface area contributed by atoms with Crippen LogP contribution in [0.25, 0.3) is 10.9 Å². The third-order valence-corrected chi connectivity index (χ3v) is 6.55. The highest BCUT2D eigenvalue weighted by molar-refractivity contribution is 6.30. The standard InChI is InChI=1S/C25H30ClN3O2.C2HF3O2/c1-17(27-16-24(30)18-6-5-7-21(26)13-18)12-20-15-28-23-14-19(8-9-22(20)23)25(31)29-10-3-2-4-11-29;3-2(4,5)1(6)7/h5-9,13-15,17,24,27-28,30H,2-4,10-12,16H2,1H3;(H,6,7)/t17-,24+;/m1./s1. The smallest absolute Gasteiger partial charge is 0.475 e. The van der Waals surface area contributed by atoms with Crippen LogP contribution < -0.4 is 5.32 Å². The third kappa shape index (κ3) is 8.21. The Morgan fingerprint density at radius 2 is 1.82 bits per heavy atom. The van der Waals surface area contributed by atoms with Crippen molar-refractivity contribution in [1.82, 2.24) is 15.2 Å². The van der Waals surface area contributed by atoms with Gasteiger partial charge in [0.1, 0.15) is 0 Å². The number of aliphatic hydroxyl groups excluding tert-OH is 1. The second-order valence-electron chi connectivity index (χ2n) is 9.31. The van der Waals surface area contributed by atoms with E-state index in [9.17, 15) is 23.1 Å². The van der Waals surface area contributed by atoms with Crippen LogP contribution in [0.4, 0.5) is 13.2 Å². The first kappa shape index (κ1) is 29.5. The van der Waals surface area contributed by atoms with Crippen LogP contribution in [0.2, 0.25) is 5.02 Å². The number of amides is 1. The summed E-state index contributed by atoms with van der Waals surface area (Å²) in [4.78, 5) is 27.0. The number of rotatable bonds is 7. The van der Waals surface area contributed by atoms with Crippen LogP contribution in [0, 0.1) is 0 Å². The summed E-state index contributed by atoms with van der Waals surface area (Å²) in [5.74, 6) is -2.63. The highest BCUT2D eigenvalue weighted by atomic mass is 35.5. The highest BCUT2D eigenvalue weighted by Gasteiger charge is 2.38. The molecule has 1 aromatic heterocycles. The Morgan fingerprint density at radius 3 is 2.45 bits per heavy atom. The van der Waals surface area contributed by atoms with Crippen LogP contribution in [0.15, 0.2) is 48.7 Å². The van der Waals surface area contributed by atoms with Crippen molar-refractivity contribution in [3.8, 4) is 0 Å². The Hall–Kier alpha value is -3.08. The minimum Gasteiger partial charge on any atom is -0.475 e. The number of aromatic amines is 1. The maximum atomic E-state index is 12.8. The Kier molecular flexibility index (Phi) is 10.2. The number of aliphatic hydroxyl groups is 1. The molecule has 1 amide bonds. The van der Waals surface area contributed by atoms with E-state index in [1.54, 1.807) is 12.1 Å². The molecule has 0 aliphatic carbocycles. The minimum absolute atomic E-state index is 0.128. The van der Waals surface area contributed by atoms with E-state index < -0.39 is 18.2 Å². The van der Waals surface area contributed by atoms with Crippen molar-refractivity contribution in [2.24, 2.45) is 0 Å². The number of hydrogen-bond acceptors (Lipinski definition) is 4. The number of benzene rings is 2. The van der Waals surface area contributed by atoms with Crippen LogP contribution in [-0.4, -0.2) is 63.8 Å². The van der Waals surface area contributed by atoms with E-state index in [0.717, 1.165) is 54.4 Å². The molecule has 2 atom stereocenters. The summed E-state index contributed by atoms with van der Waals surface area (Å²) in [5, 5.41) is 22.7. The van der Waals surface area contributed by atoms with Gasteiger partial charge in [-0.3, -0.25) is 4.79 Å². The quantitative estimate of drug-likeness (QED) is 0.316. The lowest BCUT2D eigenvalue weighted by Gasteiger charge is -2.26. The molecule has 4 N–H and O–H groups in total. The second kappa shape index (κ2) is 13.1. The number of likely N-dealkylation sites (tertiary alicyclic amines) is 1. The van der Waals surface area contributed by atoms with Crippen LogP contribution in [0.5, 0.6) is 0 Å². The molecule has 2 heterocycles. The van der Waals surface area contributed by atoms with Gasteiger partial charge in [-0.15, -0.1) is 0 Å². The van der Waals surface area contributed by atoms with Gasteiger partial charge in [0, 0.05) is 53.4 Å². The lowest BCUT2D eigenvalue weighted by Crippen LogP contribution is -2.35. The molecule has 1 aliphatic heterocycles. The summed E-state index contributed by atoms with van der Waals surface area (Å²) >= 11 is 6.02. The first-order valence-electron chi connectivity index (χ1n) is 12.3. The lowest BCUT2D eigenvalue weighted by atomic mass is 10.0. The molecular formula is C27H31ClF3N3O4. The van der Waals surface area contributed by atoms with Gasteiger partial charge in [0.2, 0.25) is 0 Å². The molecule has 1 aliphatic rings. The average Bonchev–Trinajstić information content (AvgIpc) is 3.29. The van der Waals surface area contributed by atoms with E-state index in [2.05, 4.69) is 17.2 Å². The van der Waals surface area contributed by atoms with Crippen molar-refractivity contribution in [2.45, 2.75) is 50.9 Å². The maximum absolute atomic E-state index is 12.8. The fourth-order valence-electron chi connectivity index (χ4n) is 4.31. The van der Waals surface area contributed by atoms with E-state index in [1.165, 1.54) is 12.0 Å². The number of H-pyrrole nitrogens is 1. The number of fused-ring (bicyclic) bond motifs is 1. The van der Waals surface area contributed by atoms with Gasteiger partial charge >= 0.3 is 12.1 Å². The summed E-state index contributed by atoms with van der Waals surface area (Å²) in [6, 6.07) is 13.5. The van der Waals surface area contributed by atoms with Crippen molar-refractivity contribution in [3.05, 3.63) is 70.4 Å². The molecule has 0 spiro atoms. The van der Waals surface area contributed by atoms with Crippen LogP contribution in [-0.2, 0) is 11.2 Å². The Bertz CT molecular complexity index is 1240. The van der Waals surface area contributed by atoms with Gasteiger partial charge in [0.15, 0.2) is 0 Å². The number of piperidine rings is 1. The number of carbonyl (C=O) groups excluding carboxylic acids is 1. The van der Waals surface area contributed by atoms with Gasteiger partial charge in [-0.25, -0.2) is 4.79 Å². The predicted molar refractivity (Wildman–Crippen MR) is 139 cm³/mol. The topological polar surface area (TPSA) is 106 Å². The summed E-state index contributed by atoms with van der Waals surface area (Å²) in [6.07, 6.45) is 0.556. The summed E-state index contributed by atoms with van der Waals surface area (Å²) in [6.45, 7) is 4.28. The molecular weight excluding hydrogens is 523 g/mol. The highest BCUT2D eigenvalue weighted by Crippen LogP contribution is 2.23. The van der Waals surface area contributed by atoms with E-state index >= 15 is 0 Å². The van der Waals surface area contributed by atoms with Gasteiger partial charge in [0.05, 0.1) is 6.10 Å². The molecule has 4 rings (SSSR count). The van der Waals surface area contributed by atoms with E-state index in [1.807, 2.05) is 41.4 Å². The second-order valence-corrected chi connectivity index (χ2v) is 9.75. The number of nitrogens with one attached hydrogen (secondary N) is 2. The Morgan fingerprint density at radius 1 is 1.13 bits per heavy atom. The van der Waals surface area contributed by atoms with E-state index in [-0.39, 0.29) is 11.9 Å². The number of aliphatic carboxylic acids is 1. The molecule has 0 unspecified atom stereocenters. The number of carbonyl (C=O) groups is 2. The fraction of sp³-hybridized carbons (Fsp3) is 0.407. The number of hydrogen-bond donors (Lipinski definition) is 4. The number of carboxylic acid groups (broad SMARTS) is 1. The molecule has 11 heteroatoms. The summed E-state index contributed by atoms with van der Waals surface area (Å²) in [5.41, 5.74) is 3.75. The van der Waals surface area contributed by atoms with Gasteiger partial charge in [-0.05, 0) is 68.0 Å². The SMILES string of the molecule is C[C@H](Cc1c[nH]c2cc(C(=O)N3CCCCC3)ccc12)NC[C@H](O)c1cccc(Cl)c1.O=C(O)C(F)(F)F. The summed E-state index contributed by atoms with van der Waals surface area (Å²) < 4.78 is 31.7. The molecule has 206 valence electrons. The number of alkyl halides is 3. The van der Waals surface area contributed by atoms with Crippen LogP contribution in [0.3, 0.4) is 0 Å². The largest absolute Gasteiger partial charge is 0.490 e. The molecule has 0 radical (unpaired) electrons. The fourth-order valence-corrected chi connectivity index (χ4v) is 4.51. The molecule has 2 aromatic carbocycles. The van der Waals surface area contributed by atoms with Crippen molar-refractivity contribution in [1.29, 1.82) is 0 Å². The normalized spacial score (nSPS) is 15.5. The van der Waals surface area contributed by atoms with E-state index in [4.69, 9.17) is 21.5 Å².